The molecule has 0 amide bonds. The highest BCUT2D eigenvalue weighted by Crippen LogP contribution is 2.22. The average Bonchev–Trinajstić information content (AvgIpc) is 2.38. The van der Waals surface area contributed by atoms with Crippen LogP contribution in [-0.4, -0.2) is 15.4 Å². The molecule has 94 valence electrons. The van der Waals surface area contributed by atoms with Crippen LogP contribution in [-0.2, 0) is 9.53 Å². The van der Waals surface area contributed by atoms with Crippen molar-refractivity contribution in [3.05, 3.63) is 35.9 Å². The number of benzene rings is 1. The third-order valence-corrected chi connectivity index (χ3v) is 3.84. The number of thiocarbonyl (C=S) groups is 1. The summed E-state index contributed by atoms with van der Waals surface area (Å²) in [7, 11) is 0. The second-order valence-electron chi connectivity index (χ2n) is 3.69. The zero-order chi connectivity index (χ0) is 13.4. The monoisotopic (exact) mass is 279 g/mol. The fourth-order valence-corrected chi connectivity index (χ4v) is 2.81. The Bertz CT molecular complexity index is 454. The summed E-state index contributed by atoms with van der Waals surface area (Å²) in [6.45, 7) is 2.00. The molecule has 1 atom stereocenters. The molecule has 1 aromatic rings. The van der Waals surface area contributed by atoms with Crippen LogP contribution < -0.4 is 0 Å². The first kappa shape index (κ1) is 14.7. The van der Waals surface area contributed by atoms with Crippen LogP contribution in [0.1, 0.15) is 25.3 Å². The number of hydrogen-bond acceptors (Lipinski definition) is 5. The van der Waals surface area contributed by atoms with Gasteiger partial charge >= 0.3 is 5.97 Å². The van der Waals surface area contributed by atoms with Gasteiger partial charge in [0.15, 0.2) is 0 Å². The number of nitrogens with zero attached hydrogens (tertiary/aromatic N) is 1. The van der Waals surface area contributed by atoms with E-state index in [-0.39, 0.29) is 11.7 Å². The standard InChI is InChI=1S/C13H13NO2S2/c1-10(7-8-12(15)16-9-14)18-13(17)11-5-3-2-4-6-11/h2-6,10H,7-8H2,1H3. The normalized spacial score (nSPS) is 11.3. The van der Waals surface area contributed by atoms with Crippen molar-refractivity contribution >= 4 is 34.1 Å². The molecular formula is C13H13NO2S2. The highest BCUT2D eigenvalue weighted by molar-refractivity contribution is 8.24. The van der Waals surface area contributed by atoms with Gasteiger partial charge in [-0.2, -0.15) is 0 Å². The van der Waals surface area contributed by atoms with Gasteiger partial charge in [-0.25, -0.2) is 0 Å². The summed E-state index contributed by atoms with van der Waals surface area (Å²) in [5, 5.41) is 8.39. The Hall–Kier alpha value is -1.38. The maximum Gasteiger partial charge on any atom is 0.321 e. The molecule has 5 heteroatoms. The van der Waals surface area contributed by atoms with Crippen LogP contribution in [0.25, 0.3) is 0 Å². The van der Waals surface area contributed by atoms with Gasteiger partial charge in [-0.05, 0) is 12.0 Å². The fourth-order valence-electron chi connectivity index (χ4n) is 1.31. The Morgan fingerprint density at radius 2 is 2.17 bits per heavy atom. The molecule has 3 nitrogen and oxygen atoms in total. The summed E-state index contributed by atoms with van der Waals surface area (Å²) in [5.74, 6) is -0.490. The number of ether oxygens (including phenoxy) is 1. The number of nitriles is 1. The number of rotatable bonds is 5. The fraction of sp³-hybridized carbons (Fsp3) is 0.308. The van der Waals surface area contributed by atoms with Crippen molar-refractivity contribution in [3.8, 4) is 6.26 Å². The third kappa shape index (κ3) is 5.30. The molecule has 0 N–H and O–H groups in total. The summed E-state index contributed by atoms with van der Waals surface area (Å²) in [6.07, 6.45) is 2.25. The molecule has 0 saturated carbocycles. The van der Waals surface area contributed by atoms with E-state index in [1.165, 1.54) is 6.26 Å². The van der Waals surface area contributed by atoms with E-state index in [0.717, 1.165) is 9.76 Å². The minimum Gasteiger partial charge on any atom is -0.351 e. The van der Waals surface area contributed by atoms with Crippen LogP contribution in [0.15, 0.2) is 30.3 Å². The molecule has 0 saturated heterocycles. The lowest BCUT2D eigenvalue weighted by Gasteiger charge is -2.10. The van der Waals surface area contributed by atoms with Crippen LogP contribution >= 0.6 is 24.0 Å². The van der Waals surface area contributed by atoms with Crippen LogP contribution in [0.2, 0.25) is 0 Å². The molecule has 0 aromatic heterocycles. The Morgan fingerprint density at radius 3 is 2.78 bits per heavy atom. The summed E-state index contributed by atoms with van der Waals surface area (Å²) >= 11 is 6.88. The van der Waals surface area contributed by atoms with E-state index in [9.17, 15) is 4.79 Å². The summed E-state index contributed by atoms with van der Waals surface area (Å²) in [6, 6.07) is 9.75. The average molecular weight is 279 g/mol. The van der Waals surface area contributed by atoms with Crippen LogP contribution in [0, 0.1) is 11.5 Å². The number of carbonyl (C=O) groups excluding carboxylic acids is 1. The Morgan fingerprint density at radius 1 is 1.50 bits per heavy atom. The van der Waals surface area contributed by atoms with E-state index in [2.05, 4.69) is 4.74 Å². The Labute approximate surface area is 116 Å². The smallest absolute Gasteiger partial charge is 0.321 e. The van der Waals surface area contributed by atoms with E-state index in [0.29, 0.717) is 6.42 Å². The number of hydrogen-bond donors (Lipinski definition) is 0. The lowest BCUT2D eigenvalue weighted by Crippen LogP contribution is -2.07. The van der Waals surface area contributed by atoms with Gasteiger partial charge in [0.25, 0.3) is 6.26 Å². The molecule has 0 aliphatic rings. The molecule has 1 rings (SSSR count). The first-order chi connectivity index (χ1) is 8.63. The molecular weight excluding hydrogens is 266 g/mol. The maximum atomic E-state index is 11.0. The van der Waals surface area contributed by atoms with Crippen molar-refractivity contribution in [2.75, 3.05) is 0 Å². The van der Waals surface area contributed by atoms with Gasteiger partial charge in [-0.3, -0.25) is 4.79 Å². The highest BCUT2D eigenvalue weighted by atomic mass is 32.2. The van der Waals surface area contributed by atoms with E-state index in [1.54, 1.807) is 11.8 Å². The molecule has 0 aliphatic heterocycles. The van der Waals surface area contributed by atoms with Gasteiger partial charge < -0.3 is 4.74 Å². The zero-order valence-corrected chi connectivity index (χ0v) is 11.6. The number of carbonyl (C=O) groups is 1. The van der Waals surface area contributed by atoms with Crippen molar-refractivity contribution in [3.63, 3.8) is 0 Å². The van der Waals surface area contributed by atoms with Gasteiger partial charge in [0, 0.05) is 11.7 Å². The van der Waals surface area contributed by atoms with Crippen LogP contribution in [0.4, 0.5) is 0 Å². The van der Waals surface area contributed by atoms with Crippen molar-refractivity contribution in [2.24, 2.45) is 0 Å². The van der Waals surface area contributed by atoms with Crippen molar-refractivity contribution < 1.29 is 9.53 Å². The summed E-state index contributed by atoms with van der Waals surface area (Å²) < 4.78 is 5.02. The molecule has 1 aromatic carbocycles. The van der Waals surface area contributed by atoms with Crippen LogP contribution in [0.3, 0.4) is 0 Å². The molecule has 1 unspecified atom stereocenters. The second-order valence-corrected chi connectivity index (χ2v) is 5.80. The molecule has 0 aliphatic carbocycles. The number of thioether (sulfide) groups is 1. The number of esters is 1. The van der Waals surface area contributed by atoms with Crippen molar-refractivity contribution in [1.29, 1.82) is 5.26 Å². The van der Waals surface area contributed by atoms with Gasteiger partial charge in [0.05, 0.1) is 4.20 Å². The van der Waals surface area contributed by atoms with Crippen molar-refractivity contribution in [2.45, 2.75) is 25.0 Å². The highest BCUT2D eigenvalue weighted by Gasteiger charge is 2.11. The van der Waals surface area contributed by atoms with Gasteiger partial charge in [0.2, 0.25) is 0 Å². The van der Waals surface area contributed by atoms with Gasteiger partial charge in [0.1, 0.15) is 0 Å². The van der Waals surface area contributed by atoms with E-state index in [4.69, 9.17) is 17.5 Å². The van der Waals surface area contributed by atoms with E-state index >= 15 is 0 Å². The molecule has 0 heterocycles. The van der Waals surface area contributed by atoms with Crippen LogP contribution in [0.5, 0.6) is 0 Å². The largest absolute Gasteiger partial charge is 0.351 e. The summed E-state index contributed by atoms with van der Waals surface area (Å²) in [5.41, 5.74) is 1.02. The molecule has 0 radical (unpaired) electrons. The first-order valence-electron chi connectivity index (χ1n) is 5.48. The Balaban J connectivity index is 2.37. The maximum absolute atomic E-state index is 11.0. The molecule has 0 spiro atoms. The minimum absolute atomic E-state index is 0.212. The molecule has 0 fully saturated rings. The zero-order valence-electron chi connectivity index (χ0n) is 9.96. The van der Waals surface area contributed by atoms with E-state index < -0.39 is 5.97 Å². The van der Waals surface area contributed by atoms with Gasteiger partial charge in [-0.1, -0.05) is 49.5 Å². The topological polar surface area (TPSA) is 50.1 Å². The lowest BCUT2D eigenvalue weighted by molar-refractivity contribution is -0.137. The Kier molecular flexibility index (Phi) is 6.40. The predicted molar refractivity (Wildman–Crippen MR) is 76.1 cm³/mol. The lowest BCUT2D eigenvalue weighted by atomic mass is 10.2. The molecule has 0 bridgehead atoms. The van der Waals surface area contributed by atoms with Gasteiger partial charge in [-0.15, -0.1) is 17.0 Å². The minimum atomic E-state index is -0.490. The SMILES string of the molecule is CC(CCC(=O)OC#N)SC(=S)c1ccccc1. The predicted octanol–water partition coefficient (Wildman–Crippen LogP) is 3.29. The first-order valence-corrected chi connectivity index (χ1v) is 6.77. The second kappa shape index (κ2) is 7.85. The summed E-state index contributed by atoms with van der Waals surface area (Å²) in [4.78, 5) is 11.0. The van der Waals surface area contributed by atoms with Crippen molar-refractivity contribution in [1.82, 2.24) is 0 Å². The molecule has 18 heavy (non-hydrogen) atoms. The quantitative estimate of drug-likeness (QED) is 0.470. The third-order valence-electron chi connectivity index (χ3n) is 2.23. The van der Waals surface area contributed by atoms with E-state index in [1.807, 2.05) is 37.3 Å².